The zero-order chi connectivity index (χ0) is 17.8. The summed E-state index contributed by atoms with van der Waals surface area (Å²) in [5.74, 6) is 3.01. The van der Waals surface area contributed by atoms with Gasteiger partial charge >= 0.3 is 0 Å². The highest BCUT2D eigenvalue weighted by atomic mass is 127. The van der Waals surface area contributed by atoms with E-state index in [4.69, 9.17) is 15.2 Å². The summed E-state index contributed by atoms with van der Waals surface area (Å²) in [4.78, 5) is 4.53. The number of nitrogens with one attached hydrogen (secondary N) is 1. The van der Waals surface area contributed by atoms with E-state index >= 15 is 0 Å². The van der Waals surface area contributed by atoms with Crippen molar-refractivity contribution < 1.29 is 9.47 Å². The lowest BCUT2D eigenvalue weighted by Crippen LogP contribution is -2.37. The van der Waals surface area contributed by atoms with Gasteiger partial charge in [0.15, 0.2) is 5.96 Å². The van der Waals surface area contributed by atoms with Crippen molar-refractivity contribution in [3.05, 3.63) is 59.7 Å². The predicted molar refractivity (Wildman–Crippen MR) is 118 cm³/mol. The fourth-order valence-corrected chi connectivity index (χ4v) is 3.15. The molecule has 0 amide bonds. The van der Waals surface area contributed by atoms with Crippen molar-refractivity contribution in [2.75, 3.05) is 13.2 Å². The first-order valence-corrected chi connectivity index (χ1v) is 9.28. The number of halogens is 1. The number of nitrogens with two attached hydrogens (primary N) is 1. The SMILES string of the molecule is I.NC(=NCc1ccccc1OCC1CC1)NC1CCOc2ccccc21. The summed E-state index contributed by atoms with van der Waals surface area (Å²) in [6.45, 7) is 1.98. The maximum Gasteiger partial charge on any atom is 0.189 e. The quantitative estimate of drug-likeness (QED) is 0.373. The first kappa shape index (κ1) is 19.8. The Hall–Kier alpha value is -1.96. The minimum absolute atomic E-state index is 0. The van der Waals surface area contributed by atoms with Crippen LogP contribution in [0.2, 0.25) is 0 Å². The number of fused-ring (bicyclic) bond motifs is 1. The molecule has 0 radical (unpaired) electrons. The topological polar surface area (TPSA) is 68.9 Å². The second kappa shape index (κ2) is 9.30. The van der Waals surface area contributed by atoms with Crippen LogP contribution in [0.15, 0.2) is 53.5 Å². The van der Waals surface area contributed by atoms with E-state index in [1.54, 1.807) is 0 Å². The van der Waals surface area contributed by atoms with Gasteiger partial charge < -0.3 is 20.5 Å². The van der Waals surface area contributed by atoms with Gasteiger partial charge in [-0.05, 0) is 30.9 Å². The molecular formula is C21H26IN3O2. The highest BCUT2D eigenvalue weighted by Gasteiger charge is 2.23. The predicted octanol–water partition coefficient (Wildman–Crippen LogP) is 4.02. The molecule has 27 heavy (non-hydrogen) atoms. The smallest absolute Gasteiger partial charge is 0.189 e. The Kier molecular flexibility index (Phi) is 6.82. The Balaban J connectivity index is 0.00000210. The van der Waals surface area contributed by atoms with Crippen LogP contribution in [-0.4, -0.2) is 19.2 Å². The zero-order valence-electron chi connectivity index (χ0n) is 15.3. The Morgan fingerprint density at radius 3 is 2.74 bits per heavy atom. The maximum atomic E-state index is 6.15. The van der Waals surface area contributed by atoms with Crippen LogP contribution >= 0.6 is 24.0 Å². The van der Waals surface area contributed by atoms with Crippen LogP contribution < -0.4 is 20.5 Å². The number of hydrogen-bond donors (Lipinski definition) is 2. The fourth-order valence-electron chi connectivity index (χ4n) is 3.15. The lowest BCUT2D eigenvalue weighted by Gasteiger charge is -2.27. The molecule has 1 fully saturated rings. The molecule has 1 heterocycles. The lowest BCUT2D eigenvalue weighted by atomic mass is 10.0. The van der Waals surface area contributed by atoms with Crippen molar-refractivity contribution in [2.45, 2.75) is 31.8 Å². The molecule has 1 aliphatic carbocycles. The zero-order valence-corrected chi connectivity index (χ0v) is 17.6. The standard InChI is InChI=1S/C21H25N3O2.HI/c22-21(24-18-11-12-25-20-8-4-2-6-17(18)20)23-13-16-5-1-3-7-19(16)26-14-15-9-10-15;/h1-8,15,18H,9-14H2,(H3,22,23,24);1H. The highest BCUT2D eigenvalue weighted by molar-refractivity contribution is 14.0. The van der Waals surface area contributed by atoms with Crippen LogP contribution in [0.25, 0.3) is 0 Å². The van der Waals surface area contributed by atoms with Crippen molar-refractivity contribution >= 4 is 29.9 Å². The van der Waals surface area contributed by atoms with E-state index in [2.05, 4.69) is 16.4 Å². The molecule has 2 aromatic carbocycles. The van der Waals surface area contributed by atoms with Gasteiger partial charge in [-0.25, -0.2) is 4.99 Å². The van der Waals surface area contributed by atoms with Crippen molar-refractivity contribution in [3.8, 4) is 11.5 Å². The van der Waals surface area contributed by atoms with Crippen molar-refractivity contribution in [2.24, 2.45) is 16.6 Å². The summed E-state index contributed by atoms with van der Waals surface area (Å²) >= 11 is 0. The number of para-hydroxylation sites is 2. The first-order chi connectivity index (χ1) is 12.8. The summed E-state index contributed by atoms with van der Waals surface area (Å²) in [6, 6.07) is 16.2. The van der Waals surface area contributed by atoms with Crippen LogP contribution in [0.5, 0.6) is 11.5 Å². The summed E-state index contributed by atoms with van der Waals surface area (Å²) in [5.41, 5.74) is 8.34. The monoisotopic (exact) mass is 479 g/mol. The molecule has 144 valence electrons. The number of ether oxygens (including phenoxy) is 2. The molecule has 5 nitrogen and oxygen atoms in total. The number of guanidine groups is 1. The van der Waals surface area contributed by atoms with Gasteiger partial charge in [-0.15, -0.1) is 24.0 Å². The minimum atomic E-state index is 0. The molecule has 1 aliphatic heterocycles. The largest absolute Gasteiger partial charge is 0.493 e. The summed E-state index contributed by atoms with van der Waals surface area (Å²) < 4.78 is 11.6. The molecule has 1 saturated carbocycles. The van der Waals surface area contributed by atoms with E-state index in [0.717, 1.165) is 41.6 Å². The molecular weight excluding hydrogens is 453 g/mol. The van der Waals surface area contributed by atoms with Crippen LogP contribution in [0.1, 0.15) is 36.4 Å². The third-order valence-electron chi connectivity index (χ3n) is 4.84. The summed E-state index contributed by atoms with van der Waals surface area (Å²) in [6.07, 6.45) is 3.43. The maximum absolute atomic E-state index is 6.15. The molecule has 2 aromatic rings. The molecule has 0 saturated heterocycles. The Labute approximate surface area is 177 Å². The highest BCUT2D eigenvalue weighted by Crippen LogP contribution is 2.32. The number of rotatable bonds is 6. The van der Waals surface area contributed by atoms with E-state index in [1.807, 2.05) is 42.5 Å². The molecule has 1 unspecified atom stereocenters. The second-order valence-corrected chi connectivity index (χ2v) is 6.94. The van der Waals surface area contributed by atoms with Crippen LogP contribution in [-0.2, 0) is 6.54 Å². The summed E-state index contributed by atoms with van der Waals surface area (Å²) in [5, 5.41) is 3.33. The summed E-state index contributed by atoms with van der Waals surface area (Å²) in [7, 11) is 0. The molecule has 0 spiro atoms. The van der Waals surface area contributed by atoms with Gasteiger partial charge in [-0.1, -0.05) is 36.4 Å². The minimum Gasteiger partial charge on any atom is -0.493 e. The van der Waals surface area contributed by atoms with Crippen molar-refractivity contribution in [1.82, 2.24) is 5.32 Å². The van der Waals surface area contributed by atoms with Gasteiger partial charge in [0, 0.05) is 17.5 Å². The normalized spacial score (nSPS) is 18.7. The van der Waals surface area contributed by atoms with Gasteiger partial charge in [0.05, 0.1) is 25.8 Å². The number of nitrogens with zero attached hydrogens (tertiary/aromatic N) is 1. The number of aliphatic imine (C=N–C) groups is 1. The fraction of sp³-hybridized carbons (Fsp3) is 0.381. The first-order valence-electron chi connectivity index (χ1n) is 9.28. The van der Waals surface area contributed by atoms with E-state index in [-0.39, 0.29) is 30.0 Å². The van der Waals surface area contributed by atoms with E-state index in [9.17, 15) is 0 Å². The van der Waals surface area contributed by atoms with E-state index in [1.165, 1.54) is 12.8 Å². The average Bonchev–Trinajstić information content (AvgIpc) is 3.50. The van der Waals surface area contributed by atoms with Crippen LogP contribution in [0, 0.1) is 5.92 Å². The third-order valence-corrected chi connectivity index (χ3v) is 4.84. The van der Waals surface area contributed by atoms with E-state index in [0.29, 0.717) is 19.1 Å². The van der Waals surface area contributed by atoms with Gasteiger partial charge in [0.1, 0.15) is 11.5 Å². The van der Waals surface area contributed by atoms with Crippen molar-refractivity contribution in [1.29, 1.82) is 0 Å². The van der Waals surface area contributed by atoms with Gasteiger partial charge in [0.2, 0.25) is 0 Å². The van der Waals surface area contributed by atoms with Crippen LogP contribution in [0.4, 0.5) is 0 Å². The van der Waals surface area contributed by atoms with Gasteiger partial charge in [-0.2, -0.15) is 0 Å². The second-order valence-electron chi connectivity index (χ2n) is 6.94. The Morgan fingerprint density at radius 1 is 1.11 bits per heavy atom. The average molecular weight is 479 g/mol. The molecule has 0 aromatic heterocycles. The number of benzene rings is 2. The van der Waals surface area contributed by atoms with Crippen LogP contribution in [0.3, 0.4) is 0 Å². The molecule has 4 rings (SSSR count). The van der Waals surface area contributed by atoms with E-state index < -0.39 is 0 Å². The molecule has 3 N–H and O–H groups in total. The van der Waals surface area contributed by atoms with Gasteiger partial charge in [0.25, 0.3) is 0 Å². The third kappa shape index (κ3) is 5.28. The Bertz CT molecular complexity index is 793. The molecule has 6 heteroatoms. The molecule has 0 bridgehead atoms. The number of hydrogen-bond acceptors (Lipinski definition) is 3. The molecule has 2 aliphatic rings. The lowest BCUT2D eigenvalue weighted by molar-refractivity contribution is 0.262. The van der Waals surface area contributed by atoms with Gasteiger partial charge in [-0.3, -0.25) is 0 Å². The Morgan fingerprint density at radius 2 is 1.89 bits per heavy atom. The molecule has 1 atom stereocenters. The van der Waals surface area contributed by atoms with Crippen molar-refractivity contribution in [3.63, 3.8) is 0 Å².